The Bertz CT molecular complexity index is 957. The van der Waals surface area contributed by atoms with E-state index in [2.05, 4.69) is 10.6 Å². The average Bonchev–Trinajstić information content (AvgIpc) is 2.64. The third-order valence-corrected chi connectivity index (χ3v) is 5.01. The number of ether oxygens (including phenoxy) is 1. The highest BCUT2D eigenvalue weighted by atomic mass is 32.2. The smallest absolute Gasteiger partial charge is 0.255 e. The standard InChI is InChI=1S/C20H24N2O5S/c1-14-7-6-8-15(13-14)21-20(24)17(11-12-28(3,25)26)22-19(23)16-9-4-5-10-18(16)27-2/h4-10,13,17H,11-12H2,1-3H3,(H,21,24)(H,22,23)/t17-/m1/s1. The quantitative estimate of drug-likeness (QED) is 0.702. The van der Waals surface area contributed by atoms with Crippen LogP contribution in [0.3, 0.4) is 0 Å². The molecule has 28 heavy (non-hydrogen) atoms. The third kappa shape index (κ3) is 6.38. The summed E-state index contributed by atoms with van der Waals surface area (Å²) in [4.78, 5) is 25.4. The first-order valence-electron chi connectivity index (χ1n) is 8.69. The SMILES string of the molecule is COc1ccccc1C(=O)N[C@H](CCS(C)(=O)=O)C(=O)Nc1cccc(C)c1. The molecule has 2 amide bonds. The predicted octanol–water partition coefficient (Wildman–Crippen LogP) is 2.18. The van der Waals surface area contributed by atoms with Gasteiger partial charge in [0.1, 0.15) is 21.6 Å². The fraction of sp³-hybridized carbons (Fsp3) is 0.300. The van der Waals surface area contributed by atoms with Gasteiger partial charge in [0, 0.05) is 11.9 Å². The number of anilines is 1. The molecule has 2 aromatic rings. The highest BCUT2D eigenvalue weighted by Crippen LogP contribution is 2.18. The van der Waals surface area contributed by atoms with Crippen molar-refractivity contribution in [2.24, 2.45) is 0 Å². The van der Waals surface area contributed by atoms with Gasteiger partial charge in [-0.3, -0.25) is 9.59 Å². The molecule has 1 atom stereocenters. The van der Waals surface area contributed by atoms with Crippen LogP contribution in [-0.4, -0.2) is 45.4 Å². The first-order chi connectivity index (χ1) is 13.2. The van der Waals surface area contributed by atoms with Gasteiger partial charge in [-0.15, -0.1) is 0 Å². The second-order valence-electron chi connectivity index (χ2n) is 6.50. The van der Waals surface area contributed by atoms with Crippen molar-refractivity contribution in [2.75, 3.05) is 24.4 Å². The lowest BCUT2D eigenvalue weighted by atomic mass is 10.1. The van der Waals surface area contributed by atoms with Crippen LogP contribution in [0.2, 0.25) is 0 Å². The van der Waals surface area contributed by atoms with Crippen LogP contribution >= 0.6 is 0 Å². The lowest BCUT2D eigenvalue weighted by Gasteiger charge is -2.19. The van der Waals surface area contributed by atoms with Crippen molar-refractivity contribution in [3.05, 3.63) is 59.7 Å². The Morgan fingerprint density at radius 2 is 1.82 bits per heavy atom. The zero-order valence-electron chi connectivity index (χ0n) is 16.1. The van der Waals surface area contributed by atoms with E-state index in [1.807, 2.05) is 13.0 Å². The Morgan fingerprint density at radius 3 is 2.46 bits per heavy atom. The minimum Gasteiger partial charge on any atom is -0.496 e. The highest BCUT2D eigenvalue weighted by Gasteiger charge is 2.24. The monoisotopic (exact) mass is 404 g/mol. The average molecular weight is 404 g/mol. The molecule has 2 N–H and O–H groups in total. The zero-order valence-corrected chi connectivity index (χ0v) is 16.9. The van der Waals surface area contributed by atoms with Gasteiger partial charge in [-0.1, -0.05) is 24.3 Å². The van der Waals surface area contributed by atoms with E-state index in [-0.39, 0.29) is 17.7 Å². The van der Waals surface area contributed by atoms with Crippen LogP contribution in [0, 0.1) is 6.92 Å². The van der Waals surface area contributed by atoms with Crippen molar-refractivity contribution in [2.45, 2.75) is 19.4 Å². The van der Waals surface area contributed by atoms with Gasteiger partial charge in [0.05, 0.1) is 18.4 Å². The molecule has 0 aliphatic carbocycles. The molecule has 7 nitrogen and oxygen atoms in total. The number of methoxy groups -OCH3 is 1. The van der Waals surface area contributed by atoms with Crippen LogP contribution in [0.5, 0.6) is 5.75 Å². The molecule has 0 heterocycles. The van der Waals surface area contributed by atoms with Gasteiger partial charge in [0.2, 0.25) is 5.91 Å². The van der Waals surface area contributed by atoms with E-state index in [9.17, 15) is 18.0 Å². The fourth-order valence-electron chi connectivity index (χ4n) is 2.62. The molecule has 0 aromatic heterocycles. The second kappa shape index (κ2) is 9.36. The molecular formula is C20H24N2O5S. The van der Waals surface area contributed by atoms with E-state index < -0.39 is 27.7 Å². The summed E-state index contributed by atoms with van der Waals surface area (Å²) in [6.45, 7) is 1.89. The number of aryl methyl sites for hydroxylation is 1. The Morgan fingerprint density at radius 1 is 1.11 bits per heavy atom. The highest BCUT2D eigenvalue weighted by molar-refractivity contribution is 7.90. The number of carbonyl (C=O) groups is 2. The van der Waals surface area contributed by atoms with Crippen LogP contribution in [0.4, 0.5) is 5.69 Å². The normalized spacial score (nSPS) is 12.1. The lowest BCUT2D eigenvalue weighted by Crippen LogP contribution is -2.44. The van der Waals surface area contributed by atoms with Gasteiger partial charge in [-0.05, 0) is 43.2 Å². The Hall–Kier alpha value is -2.87. The fourth-order valence-corrected chi connectivity index (χ4v) is 3.29. The van der Waals surface area contributed by atoms with Gasteiger partial charge >= 0.3 is 0 Å². The summed E-state index contributed by atoms with van der Waals surface area (Å²) >= 11 is 0. The summed E-state index contributed by atoms with van der Waals surface area (Å²) in [5.41, 5.74) is 1.79. The van der Waals surface area contributed by atoms with Crippen molar-refractivity contribution in [1.82, 2.24) is 5.32 Å². The largest absolute Gasteiger partial charge is 0.496 e. The summed E-state index contributed by atoms with van der Waals surface area (Å²) < 4.78 is 28.3. The van der Waals surface area contributed by atoms with Gasteiger partial charge in [-0.25, -0.2) is 8.42 Å². The van der Waals surface area contributed by atoms with Crippen LogP contribution in [0.25, 0.3) is 0 Å². The molecule has 0 bridgehead atoms. The van der Waals surface area contributed by atoms with Crippen LogP contribution in [-0.2, 0) is 14.6 Å². The molecule has 0 aliphatic heterocycles. The number of sulfone groups is 1. The number of amides is 2. The number of para-hydroxylation sites is 1. The topological polar surface area (TPSA) is 102 Å². The number of nitrogens with one attached hydrogen (secondary N) is 2. The van der Waals surface area contributed by atoms with Gasteiger partial charge in [0.25, 0.3) is 5.91 Å². The lowest BCUT2D eigenvalue weighted by molar-refractivity contribution is -0.118. The van der Waals surface area contributed by atoms with Crippen molar-refractivity contribution < 1.29 is 22.7 Å². The Kier molecular flexibility index (Phi) is 7.17. The van der Waals surface area contributed by atoms with Crippen molar-refractivity contribution in [1.29, 1.82) is 0 Å². The predicted molar refractivity (Wildman–Crippen MR) is 108 cm³/mol. The first-order valence-corrected chi connectivity index (χ1v) is 10.7. The molecule has 8 heteroatoms. The van der Waals surface area contributed by atoms with E-state index in [0.29, 0.717) is 11.4 Å². The summed E-state index contributed by atoms with van der Waals surface area (Å²) in [5.74, 6) is -0.876. The van der Waals surface area contributed by atoms with Gasteiger partial charge in [-0.2, -0.15) is 0 Å². The van der Waals surface area contributed by atoms with Crippen molar-refractivity contribution in [3.63, 3.8) is 0 Å². The third-order valence-electron chi connectivity index (χ3n) is 4.04. The summed E-state index contributed by atoms with van der Waals surface area (Å²) in [7, 11) is -1.86. The number of rotatable bonds is 8. The van der Waals surface area contributed by atoms with Gasteiger partial charge < -0.3 is 15.4 Å². The molecule has 2 rings (SSSR count). The number of hydrogen-bond acceptors (Lipinski definition) is 5. The first kappa shape index (κ1) is 21.4. The minimum atomic E-state index is -3.30. The Labute approximate surface area is 165 Å². The van der Waals surface area contributed by atoms with E-state index in [1.165, 1.54) is 7.11 Å². The molecule has 0 saturated heterocycles. The molecule has 0 unspecified atom stereocenters. The summed E-state index contributed by atoms with van der Waals surface area (Å²) in [6, 6.07) is 12.8. The molecule has 0 fully saturated rings. The van der Waals surface area contributed by atoms with Gasteiger partial charge in [0.15, 0.2) is 0 Å². The van der Waals surface area contributed by atoms with Crippen LogP contribution in [0.15, 0.2) is 48.5 Å². The molecular weight excluding hydrogens is 380 g/mol. The summed E-state index contributed by atoms with van der Waals surface area (Å²) in [6.07, 6.45) is 1.04. The molecule has 2 aromatic carbocycles. The van der Waals surface area contributed by atoms with E-state index in [1.54, 1.807) is 42.5 Å². The van der Waals surface area contributed by atoms with Crippen molar-refractivity contribution in [3.8, 4) is 5.75 Å². The van der Waals surface area contributed by atoms with E-state index >= 15 is 0 Å². The second-order valence-corrected chi connectivity index (χ2v) is 8.76. The number of carbonyl (C=O) groups excluding carboxylic acids is 2. The Balaban J connectivity index is 2.20. The molecule has 0 aliphatic rings. The molecule has 0 spiro atoms. The molecule has 0 saturated carbocycles. The number of benzene rings is 2. The van der Waals surface area contributed by atoms with E-state index in [0.717, 1.165) is 11.8 Å². The zero-order chi connectivity index (χ0) is 20.7. The maximum Gasteiger partial charge on any atom is 0.255 e. The van der Waals surface area contributed by atoms with Crippen molar-refractivity contribution >= 4 is 27.3 Å². The van der Waals surface area contributed by atoms with Crippen LogP contribution in [0.1, 0.15) is 22.3 Å². The number of hydrogen-bond donors (Lipinski definition) is 2. The molecule has 0 radical (unpaired) electrons. The maximum atomic E-state index is 12.7. The van der Waals surface area contributed by atoms with E-state index in [4.69, 9.17) is 4.74 Å². The minimum absolute atomic E-state index is 0.0443. The van der Waals surface area contributed by atoms with Crippen LogP contribution < -0.4 is 15.4 Å². The summed E-state index contributed by atoms with van der Waals surface area (Å²) in [5, 5.41) is 5.34. The molecule has 150 valence electrons. The maximum absolute atomic E-state index is 12.7.